The van der Waals surface area contributed by atoms with Gasteiger partial charge in [0.25, 0.3) is 11.1 Å². The van der Waals surface area contributed by atoms with E-state index >= 15 is 0 Å². The van der Waals surface area contributed by atoms with Gasteiger partial charge in [0.1, 0.15) is 6.54 Å². The third-order valence-corrected chi connectivity index (χ3v) is 3.80. The number of primary amides is 1. The molecule has 1 saturated heterocycles. The summed E-state index contributed by atoms with van der Waals surface area (Å²) < 4.78 is 0. The van der Waals surface area contributed by atoms with E-state index in [4.69, 9.17) is 5.73 Å². The van der Waals surface area contributed by atoms with E-state index in [-0.39, 0.29) is 6.54 Å². The van der Waals surface area contributed by atoms with Gasteiger partial charge in [-0.15, -0.1) is 0 Å². The molecule has 3 amide bonds. The van der Waals surface area contributed by atoms with Gasteiger partial charge in [-0.05, 0) is 35.5 Å². The van der Waals surface area contributed by atoms with Gasteiger partial charge in [0.2, 0.25) is 5.91 Å². The summed E-state index contributed by atoms with van der Waals surface area (Å²) in [6.07, 6.45) is 1.63. The fraction of sp³-hybridized carbons (Fsp3) is 0.214. The molecule has 1 aliphatic heterocycles. The summed E-state index contributed by atoms with van der Waals surface area (Å²) in [6, 6.07) is 7.55. The van der Waals surface area contributed by atoms with Crippen LogP contribution in [0.5, 0.6) is 0 Å². The Bertz CT molecular complexity index is 623. The zero-order valence-electron chi connectivity index (χ0n) is 11.7. The fourth-order valence-corrected chi connectivity index (χ4v) is 2.65. The van der Waals surface area contributed by atoms with Crippen molar-refractivity contribution in [3.05, 3.63) is 34.7 Å². The summed E-state index contributed by atoms with van der Waals surface area (Å²) in [5, 5.41) is -0.477. The lowest BCUT2D eigenvalue weighted by Gasteiger charge is -2.11. The molecule has 21 heavy (non-hydrogen) atoms. The highest BCUT2D eigenvalue weighted by Gasteiger charge is 2.35. The van der Waals surface area contributed by atoms with Crippen molar-refractivity contribution in [2.45, 2.75) is 0 Å². The number of anilines is 1. The van der Waals surface area contributed by atoms with Crippen LogP contribution >= 0.6 is 11.8 Å². The second-order valence-corrected chi connectivity index (χ2v) is 5.71. The Labute approximate surface area is 126 Å². The number of rotatable bonds is 4. The Morgan fingerprint density at radius 3 is 2.43 bits per heavy atom. The lowest BCUT2D eigenvalue weighted by atomic mass is 10.2. The van der Waals surface area contributed by atoms with Crippen LogP contribution in [-0.4, -0.2) is 42.6 Å². The number of imide groups is 1. The molecule has 1 aliphatic rings. The molecule has 0 spiro atoms. The van der Waals surface area contributed by atoms with E-state index in [1.807, 2.05) is 43.3 Å². The minimum atomic E-state index is -0.714. The zero-order chi connectivity index (χ0) is 15.6. The van der Waals surface area contributed by atoms with Crippen molar-refractivity contribution >= 4 is 40.6 Å². The summed E-state index contributed by atoms with van der Waals surface area (Å²) >= 11 is 0.809. The van der Waals surface area contributed by atoms with Crippen molar-refractivity contribution in [3.8, 4) is 0 Å². The van der Waals surface area contributed by atoms with E-state index < -0.39 is 17.1 Å². The summed E-state index contributed by atoms with van der Waals surface area (Å²) in [5.41, 5.74) is 6.87. The van der Waals surface area contributed by atoms with Crippen LogP contribution in [-0.2, 0) is 9.59 Å². The number of carbonyl (C=O) groups is 3. The summed E-state index contributed by atoms with van der Waals surface area (Å²) in [5.74, 6) is -1.20. The maximum absolute atomic E-state index is 12.0. The predicted octanol–water partition coefficient (Wildman–Crippen LogP) is 1.27. The molecule has 1 fully saturated rings. The number of hydrogen-bond acceptors (Lipinski definition) is 5. The molecular weight excluding hydrogens is 290 g/mol. The first-order valence-electron chi connectivity index (χ1n) is 6.19. The molecule has 0 aliphatic carbocycles. The van der Waals surface area contributed by atoms with Crippen molar-refractivity contribution in [1.82, 2.24) is 4.90 Å². The number of hydrogen-bond donors (Lipinski definition) is 1. The molecule has 1 aromatic carbocycles. The van der Waals surface area contributed by atoms with Crippen LogP contribution in [0, 0.1) is 0 Å². The van der Waals surface area contributed by atoms with Gasteiger partial charge in [0.05, 0.1) is 4.91 Å². The van der Waals surface area contributed by atoms with Crippen LogP contribution in [0.1, 0.15) is 5.56 Å². The van der Waals surface area contributed by atoms with Gasteiger partial charge in [-0.25, -0.2) is 0 Å². The quantitative estimate of drug-likeness (QED) is 0.847. The molecule has 2 N–H and O–H groups in total. The molecule has 7 heteroatoms. The molecule has 110 valence electrons. The minimum Gasteiger partial charge on any atom is -0.378 e. The van der Waals surface area contributed by atoms with E-state index in [0.717, 1.165) is 27.9 Å². The molecule has 0 saturated carbocycles. The Kier molecular flexibility index (Phi) is 4.32. The molecule has 0 bridgehead atoms. The second kappa shape index (κ2) is 6.01. The summed E-state index contributed by atoms with van der Waals surface area (Å²) in [4.78, 5) is 37.7. The Morgan fingerprint density at radius 1 is 1.29 bits per heavy atom. The number of carbonyl (C=O) groups excluding carboxylic acids is 3. The molecule has 0 radical (unpaired) electrons. The Morgan fingerprint density at radius 2 is 1.90 bits per heavy atom. The maximum atomic E-state index is 12.0. The molecular formula is C14H15N3O3S. The summed E-state index contributed by atoms with van der Waals surface area (Å²) in [7, 11) is 3.87. The molecule has 0 aromatic heterocycles. The normalized spacial score (nSPS) is 16.7. The largest absolute Gasteiger partial charge is 0.378 e. The number of thioether (sulfide) groups is 1. The number of amides is 3. The number of nitrogens with two attached hydrogens (primary N) is 1. The Hall–Kier alpha value is -2.28. The first kappa shape index (κ1) is 15.1. The van der Waals surface area contributed by atoms with Crippen LogP contribution < -0.4 is 10.6 Å². The molecule has 0 atom stereocenters. The van der Waals surface area contributed by atoms with Crippen molar-refractivity contribution in [3.63, 3.8) is 0 Å². The van der Waals surface area contributed by atoms with Crippen molar-refractivity contribution in [2.24, 2.45) is 5.73 Å². The topological polar surface area (TPSA) is 83.7 Å². The van der Waals surface area contributed by atoms with Crippen LogP contribution in [0.3, 0.4) is 0 Å². The van der Waals surface area contributed by atoms with E-state index in [1.54, 1.807) is 6.08 Å². The van der Waals surface area contributed by atoms with Crippen LogP contribution in [0.2, 0.25) is 0 Å². The van der Waals surface area contributed by atoms with Gasteiger partial charge in [-0.2, -0.15) is 0 Å². The summed E-state index contributed by atoms with van der Waals surface area (Å²) in [6.45, 7) is -0.387. The van der Waals surface area contributed by atoms with Gasteiger partial charge in [0.15, 0.2) is 0 Å². The minimum absolute atomic E-state index is 0.291. The molecule has 1 aromatic rings. The smallest absolute Gasteiger partial charge is 0.294 e. The van der Waals surface area contributed by atoms with Gasteiger partial charge in [-0.1, -0.05) is 12.1 Å². The van der Waals surface area contributed by atoms with Crippen molar-refractivity contribution in [1.29, 1.82) is 0 Å². The van der Waals surface area contributed by atoms with Gasteiger partial charge in [0, 0.05) is 19.8 Å². The van der Waals surface area contributed by atoms with Crippen LogP contribution in [0.4, 0.5) is 10.5 Å². The molecule has 2 rings (SSSR count). The van der Waals surface area contributed by atoms with E-state index in [1.165, 1.54) is 0 Å². The lowest BCUT2D eigenvalue weighted by molar-refractivity contribution is -0.127. The average Bonchev–Trinajstić information content (AvgIpc) is 2.67. The second-order valence-electron chi connectivity index (χ2n) is 4.72. The first-order valence-corrected chi connectivity index (χ1v) is 7.01. The molecule has 1 heterocycles. The van der Waals surface area contributed by atoms with Crippen LogP contribution in [0.15, 0.2) is 29.2 Å². The monoisotopic (exact) mass is 305 g/mol. The average molecular weight is 305 g/mol. The highest BCUT2D eigenvalue weighted by Crippen LogP contribution is 2.32. The lowest BCUT2D eigenvalue weighted by Crippen LogP contribution is -2.36. The van der Waals surface area contributed by atoms with Gasteiger partial charge < -0.3 is 10.6 Å². The maximum Gasteiger partial charge on any atom is 0.294 e. The van der Waals surface area contributed by atoms with Crippen LogP contribution in [0.25, 0.3) is 6.08 Å². The van der Waals surface area contributed by atoms with Gasteiger partial charge >= 0.3 is 0 Å². The van der Waals surface area contributed by atoms with E-state index in [0.29, 0.717) is 4.91 Å². The highest BCUT2D eigenvalue weighted by molar-refractivity contribution is 8.18. The van der Waals surface area contributed by atoms with E-state index in [2.05, 4.69) is 0 Å². The SMILES string of the molecule is CN(C)c1ccc(/C=C2\SC(=O)N(CC(N)=O)C2=O)cc1. The third kappa shape index (κ3) is 3.43. The third-order valence-electron chi connectivity index (χ3n) is 2.89. The van der Waals surface area contributed by atoms with Crippen molar-refractivity contribution in [2.75, 3.05) is 25.5 Å². The number of benzene rings is 1. The first-order chi connectivity index (χ1) is 9.88. The molecule has 6 nitrogen and oxygen atoms in total. The molecule has 0 unspecified atom stereocenters. The van der Waals surface area contributed by atoms with E-state index in [9.17, 15) is 14.4 Å². The fourth-order valence-electron chi connectivity index (χ4n) is 1.81. The van der Waals surface area contributed by atoms with Crippen molar-refractivity contribution < 1.29 is 14.4 Å². The standard InChI is InChI=1S/C14H15N3O3S/c1-16(2)10-5-3-9(4-6-10)7-11-13(19)17(8-12(15)18)14(20)21-11/h3-7H,8H2,1-2H3,(H2,15,18)/b11-7-. The zero-order valence-corrected chi connectivity index (χ0v) is 12.5. The predicted molar refractivity (Wildman–Crippen MR) is 82.6 cm³/mol. The highest BCUT2D eigenvalue weighted by atomic mass is 32.2. The van der Waals surface area contributed by atoms with Gasteiger partial charge in [-0.3, -0.25) is 19.3 Å². The Balaban J connectivity index is 2.20. The number of nitrogens with zero attached hydrogens (tertiary/aromatic N) is 2.